The third-order valence-electron chi connectivity index (χ3n) is 4.71. The van der Waals surface area contributed by atoms with Gasteiger partial charge >= 0.3 is 5.97 Å². The number of ether oxygens (including phenoxy) is 2. The van der Waals surface area contributed by atoms with Crippen LogP contribution in [0, 0.1) is 0 Å². The number of methoxy groups -OCH3 is 1. The van der Waals surface area contributed by atoms with Crippen LogP contribution in [0.4, 0.5) is 0 Å². The number of aliphatic carboxylic acids is 1. The van der Waals surface area contributed by atoms with Crippen LogP contribution in [0.3, 0.4) is 0 Å². The first-order chi connectivity index (χ1) is 13.1. The number of nitrogens with zero attached hydrogens (tertiary/aromatic N) is 1. The molecule has 0 saturated carbocycles. The summed E-state index contributed by atoms with van der Waals surface area (Å²) >= 11 is 0. The van der Waals surface area contributed by atoms with E-state index in [1.54, 1.807) is 7.11 Å². The molecule has 7 heteroatoms. The van der Waals surface area contributed by atoms with Crippen LogP contribution in [0.1, 0.15) is 44.6 Å². The minimum Gasteiger partial charge on any atom is -0.493 e. The van der Waals surface area contributed by atoms with Crippen LogP contribution in [0.25, 0.3) is 0 Å². The highest BCUT2D eigenvalue weighted by Crippen LogP contribution is 2.33. The summed E-state index contributed by atoms with van der Waals surface area (Å²) < 4.78 is 11.5. The smallest absolute Gasteiger partial charge is 0.305 e. The number of carboxylic acids is 1. The van der Waals surface area contributed by atoms with E-state index in [0.717, 1.165) is 18.4 Å². The maximum absolute atomic E-state index is 12.1. The fraction of sp³-hybridized carbons (Fsp3) is 0.600. The Bertz CT molecular complexity index is 635. The molecule has 1 aromatic rings. The number of hydrogen-bond acceptors (Lipinski definition) is 5. The summed E-state index contributed by atoms with van der Waals surface area (Å²) in [5, 5.41) is 11.9. The third kappa shape index (κ3) is 6.13. The molecule has 1 unspecified atom stereocenters. The molecule has 1 saturated heterocycles. The Balaban J connectivity index is 2.13. The maximum atomic E-state index is 12.1. The number of para-hydroxylation sites is 1. The number of amides is 1. The van der Waals surface area contributed by atoms with Gasteiger partial charge in [0.05, 0.1) is 20.1 Å². The van der Waals surface area contributed by atoms with Crippen LogP contribution >= 0.6 is 0 Å². The summed E-state index contributed by atoms with van der Waals surface area (Å²) in [5.74, 6) is 0.101. The molecular formula is C20H30N2O5. The number of benzene rings is 1. The van der Waals surface area contributed by atoms with E-state index < -0.39 is 12.0 Å². The van der Waals surface area contributed by atoms with Crippen LogP contribution in [0.15, 0.2) is 18.2 Å². The molecule has 0 radical (unpaired) electrons. The molecule has 27 heavy (non-hydrogen) atoms. The number of carbonyl (C=O) groups excluding carboxylic acids is 1. The molecule has 1 heterocycles. The van der Waals surface area contributed by atoms with Gasteiger partial charge in [0.15, 0.2) is 11.5 Å². The van der Waals surface area contributed by atoms with Crippen molar-refractivity contribution in [1.29, 1.82) is 0 Å². The van der Waals surface area contributed by atoms with Gasteiger partial charge in [-0.25, -0.2) is 0 Å². The molecule has 1 aromatic carbocycles. The van der Waals surface area contributed by atoms with Gasteiger partial charge in [0.2, 0.25) is 5.91 Å². The molecule has 0 aromatic heterocycles. The van der Waals surface area contributed by atoms with Crippen molar-refractivity contribution < 1.29 is 24.2 Å². The van der Waals surface area contributed by atoms with Gasteiger partial charge in [-0.3, -0.25) is 14.5 Å². The van der Waals surface area contributed by atoms with Gasteiger partial charge in [0.1, 0.15) is 6.04 Å². The van der Waals surface area contributed by atoms with Gasteiger partial charge in [-0.15, -0.1) is 0 Å². The molecular weight excluding hydrogens is 348 g/mol. The quantitative estimate of drug-likeness (QED) is 0.575. The number of carboxylic acid groups (broad SMARTS) is 1. The second kappa shape index (κ2) is 10.8. The summed E-state index contributed by atoms with van der Waals surface area (Å²) in [6, 6.07) is 4.99. The van der Waals surface area contributed by atoms with Gasteiger partial charge in [0, 0.05) is 25.2 Å². The first kappa shape index (κ1) is 21.0. The lowest BCUT2D eigenvalue weighted by molar-refractivity contribution is -0.143. The van der Waals surface area contributed by atoms with Gasteiger partial charge in [-0.05, 0) is 12.5 Å². The highest BCUT2D eigenvalue weighted by atomic mass is 16.5. The molecule has 150 valence electrons. The van der Waals surface area contributed by atoms with Crippen molar-refractivity contribution >= 4 is 11.9 Å². The Morgan fingerprint density at radius 2 is 2.15 bits per heavy atom. The summed E-state index contributed by atoms with van der Waals surface area (Å²) in [6.45, 7) is 4.31. The monoisotopic (exact) mass is 378 g/mol. The topological polar surface area (TPSA) is 88.1 Å². The van der Waals surface area contributed by atoms with E-state index >= 15 is 0 Å². The molecule has 1 amide bonds. The third-order valence-corrected chi connectivity index (χ3v) is 4.71. The number of piperazine rings is 1. The van der Waals surface area contributed by atoms with E-state index in [4.69, 9.17) is 14.6 Å². The predicted octanol–water partition coefficient (Wildman–Crippen LogP) is 2.43. The van der Waals surface area contributed by atoms with E-state index in [1.165, 1.54) is 12.8 Å². The zero-order valence-electron chi connectivity index (χ0n) is 16.2. The minimum atomic E-state index is -0.986. The van der Waals surface area contributed by atoms with Gasteiger partial charge in [-0.2, -0.15) is 0 Å². The van der Waals surface area contributed by atoms with Crippen LogP contribution in [0.2, 0.25) is 0 Å². The number of carbonyl (C=O) groups is 2. The van der Waals surface area contributed by atoms with E-state index in [0.29, 0.717) is 37.7 Å². The Hall–Kier alpha value is -2.28. The Morgan fingerprint density at radius 3 is 2.85 bits per heavy atom. The molecule has 0 bridgehead atoms. The maximum Gasteiger partial charge on any atom is 0.305 e. The first-order valence-electron chi connectivity index (χ1n) is 9.59. The second-order valence-electron chi connectivity index (χ2n) is 6.73. The fourth-order valence-electron chi connectivity index (χ4n) is 3.27. The minimum absolute atomic E-state index is 0.219. The van der Waals surface area contributed by atoms with Crippen LogP contribution < -0.4 is 14.8 Å². The largest absolute Gasteiger partial charge is 0.493 e. The highest BCUT2D eigenvalue weighted by molar-refractivity contribution is 5.86. The van der Waals surface area contributed by atoms with Crippen molar-refractivity contribution in [3.8, 4) is 11.5 Å². The zero-order chi connectivity index (χ0) is 19.6. The fourth-order valence-corrected chi connectivity index (χ4v) is 3.27. The lowest BCUT2D eigenvalue weighted by atomic mass is 10.1. The van der Waals surface area contributed by atoms with E-state index in [2.05, 4.69) is 12.2 Å². The Morgan fingerprint density at radius 1 is 1.33 bits per heavy atom. The van der Waals surface area contributed by atoms with Crippen LogP contribution in [-0.4, -0.2) is 54.7 Å². The summed E-state index contributed by atoms with van der Waals surface area (Å²) in [5.41, 5.74) is 0.898. The van der Waals surface area contributed by atoms with Gasteiger partial charge < -0.3 is 19.9 Å². The number of hydrogen-bond donors (Lipinski definition) is 2. The lowest BCUT2D eigenvalue weighted by Gasteiger charge is -2.34. The highest BCUT2D eigenvalue weighted by Gasteiger charge is 2.32. The van der Waals surface area contributed by atoms with Crippen molar-refractivity contribution in [3.63, 3.8) is 0 Å². The molecule has 1 fully saturated rings. The number of unbranched alkanes of at least 4 members (excludes halogenated alkanes) is 3. The second-order valence-corrected chi connectivity index (χ2v) is 6.73. The first-order valence-corrected chi connectivity index (χ1v) is 9.59. The van der Waals surface area contributed by atoms with E-state index in [-0.39, 0.29) is 12.3 Å². The molecule has 1 aliphatic rings. The Kier molecular flexibility index (Phi) is 8.39. The van der Waals surface area contributed by atoms with Crippen molar-refractivity contribution in [3.05, 3.63) is 23.8 Å². The van der Waals surface area contributed by atoms with Crippen molar-refractivity contribution in [2.75, 3.05) is 26.8 Å². The normalized spacial score (nSPS) is 17.4. The number of nitrogens with one attached hydrogen (secondary N) is 1. The van der Waals surface area contributed by atoms with Gasteiger partial charge in [-0.1, -0.05) is 38.3 Å². The summed E-state index contributed by atoms with van der Waals surface area (Å²) in [7, 11) is 1.60. The molecule has 1 aliphatic heterocycles. The zero-order valence-corrected chi connectivity index (χ0v) is 16.2. The van der Waals surface area contributed by atoms with Crippen LogP contribution in [0.5, 0.6) is 11.5 Å². The van der Waals surface area contributed by atoms with Gasteiger partial charge in [0.25, 0.3) is 0 Å². The Labute approximate surface area is 160 Å². The average Bonchev–Trinajstić information content (AvgIpc) is 2.65. The lowest BCUT2D eigenvalue weighted by Crippen LogP contribution is -2.55. The molecule has 1 atom stereocenters. The SMILES string of the molecule is CCCCCCOc1c(CN2CCNC(=O)C2CC(=O)O)cccc1OC. The van der Waals surface area contributed by atoms with Crippen molar-refractivity contribution in [2.45, 2.75) is 51.6 Å². The predicted molar refractivity (Wildman–Crippen MR) is 102 cm³/mol. The van der Waals surface area contributed by atoms with E-state index in [9.17, 15) is 9.59 Å². The molecule has 7 nitrogen and oxygen atoms in total. The van der Waals surface area contributed by atoms with E-state index in [1.807, 2.05) is 23.1 Å². The number of rotatable bonds is 11. The molecule has 0 spiro atoms. The van der Waals surface area contributed by atoms with Crippen LogP contribution in [-0.2, 0) is 16.1 Å². The summed E-state index contributed by atoms with van der Waals surface area (Å²) in [6.07, 6.45) is 4.22. The average molecular weight is 378 g/mol. The van der Waals surface area contributed by atoms with Crippen molar-refractivity contribution in [2.24, 2.45) is 0 Å². The molecule has 2 N–H and O–H groups in total. The summed E-state index contributed by atoms with van der Waals surface area (Å²) in [4.78, 5) is 25.2. The standard InChI is InChI=1S/C20H30N2O5/c1-3-4-5-6-12-27-19-15(8-7-9-17(19)26-2)14-22-11-10-21-20(25)16(22)13-18(23)24/h7-9,16H,3-6,10-14H2,1-2H3,(H,21,25)(H,23,24). The van der Waals surface area contributed by atoms with Crippen molar-refractivity contribution in [1.82, 2.24) is 10.2 Å². The molecule has 2 rings (SSSR count). The molecule has 0 aliphatic carbocycles.